The number of unbranched alkanes of at least 4 members (excludes halogenated alkanes) is 3. The van der Waals surface area contributed by atoms with Crippen LogP contribution in [-0.2, 0) is 14.3 Å². The molecule has 0 spiro atoms. The van der Waals surface area contributed by atoms with Crippen LogP contribution in [-0.4, -0.2) is 63.3 Å². The number of furan rings is 1. The quantitative estimate of drug-likeness (QED) is 0.126. The molecule has 3 heterocycles. The first-order chi connectivity index (χ1) is 22.0. The molecule has 0 saturated carbocycles. The van der Waals surface area contributed by atoms with Crippen LogP contribution in [0.1, 0.15) is 59.3 Å². The molecular formula is C36H41N3O7. The summed E-state index contributed by atoms with van der Waals surface area (Å²) >= 11 is 0. The number of nitrogens with zero attached hydrogens (tertiary/aromatic N) is 2. The smallest absolute Gasteiger partial charge is 0.408 e. The maximum absolute atomic E-state index is 13.9. The highest BCUT2D eigenvalue weighted by Gasteiger charge is 2.43. The Morgan fingerprint density at radius 3 is 2.57 bits per heavy atom. The van der Waals surface area contributed by atoms with Gasteiger partial charge in [-0.05, 0) is 52.2 Å². The van der Waals surface area contributed by atoms with Crippen molar-refractivity contribution in [2.45, 2.75) is 83.1 Å². The van der Waals surface area contributed by atoms with Crippen LogP contribution in [0, 0.1) is 0 Å². The molecule has 5 rings (SSSR count). The van der Waals surface area contributed by atoms with Crippen molar-refractivity contribution in [2.24, 2.45) is 0 Å². The number of aliphatic carboxylic acids is 1. The molecule has 2 N–H and O–H groups in total. The number of carboxylic acids is 1. The van der Waals surface area contributed by atoms with Gasteiger partial charge in [0.15, 0.2) is 11.3 Å². The molecule has 1 saturated heterocycles. The van der Waals surface area contributed by atoms with Crippen molar-refractivity contribution in [2.75, 3.05) is 6.54 Å². The lowest BCUT2D eigenvalue weighted by Crippen LogP contribution is -2.52. The highest BCUT2D eigenvalue weighted by molar-refractivity contribution is 6.05. The first-order valence-corrected chi connectivity index (χ1v) is 15.7. The number of allylic oxidation sites excluding steroid dienone is 1. The van der Waals surface area contributed by atoms with Gasteiger partial charge in [0.25, 0.3) is 0 Å². The predicted molar refractivity (Wildman–Crippen MR) is 176 cm³/mol. The first-order valence-electron chi connectivity index (χ1n) is 15.7. The van der Waals surface area contributed by atoms with Crippen molar-refractivity contribution in [3.05, 3.63) is 73.3 Å². The van der Waals surface area contributed by atoms with Gasteiger partial charge in [-0.25, -0.2) is 14.6 Å². The molecule has 242 valence electrons. The highest BCUT2D eigenvalue weighted by atomic mass is 16.6. The number of carbonyl (C=O) groups excluding carboxylic acids is 2. The van der Waals surface area contributed by atoms with E-state index in [1.54, 1.807) is 26.8 Å². The monoisotopic (exact) mass is 627 g/mol. The lowest BCUT2D eigenvalue weighted by atomic mass is 10.1. The molecule has 1 aliphatic heterocycles. The van der Waals surface area contributed by atoms with E-state index in [4.69, 9.17) is 18.9 Å². The summed E-state index contributed by atoms with van der Waals surface area (Å²) in [7, 11) is 0. The van der Waals surface area contributed by atoms with E-state index < -0.39 is 41.8 Å². The van der Waals surface area contributed by atoms with Gasteiger partial charge >= 0.3 is 12.1 Å². The molecule has 10 nitrogen and oxygen atoms in total. The molecule has 2 aromatic heterocycles. The average Bonchev–Trinajstić information content (AvgIpc) is 3.62. The van der Waals surface area contributed by atoms with Crippen molar-refractivity contribution in [3.63, 3.8) is 0 Å². The van der Waals surface area contributed by atoms with Gasteiger partial charge in [0.1, 0.15) is 34.9 Å². The Morgan fingerprint density at radius 2 is 1.85 bits per heavy atom. The summed E-state index contributed by atoms with van der Waals surface area (Å²) in [6, 6.07) is 16.9. The van der Waals surface area contributed by atoms with E-state index in [1.807, 2.05) is 60.7 Å². The third kappa shape index (κ3) is 7.67. The van der Waals surface area contributed by atoms with Gasteiger partial charge in [-0.3, -0.25) is 4.79 Å². The summed E-state index contributed by atoms with van der Waals surface area (Å²) in [6.45, 7) is 8.98. The zero-order valence-electron chi connectivity index (χ0n) is 26.5. The van der Waals surface area contributed by atoms with Crippen molar-refractivity contribution in [3.8, 4) is 17.0 Å². The fourth-order valence-corrected chi connectivity index (χ4v) is 5.76. The molecule has 3 atom stereocenters. The lowest BCUT2D eigenvalue weighted by Gasteiger charge is -2.28. The van der Waals surface area contributed by atoms with Crippen LogP contribution < -0.4 is 10.1 Å². The van der Waals surface area contributed by atoms with Gasteiger partial charge in [-0.2, -0.15) is 0 Å². The molecule has 3 unspecified atom stereocenters. The molecule has 10 heteroatoms. The van der Waals surface area contributed by atoms with Gasteiger partial charge in [-0.15, -0.1) is 6.58 Å². The maximum atomic E-state index is 13.9. The van der Waals surface area contributed by atoms with Gasteiger partial charge in [-0.1, -0.05) is 61.4 Å². The molecule has 0 aliphatic carbocycles. The number of hydrogen-bond donors (Lipinski definition) is 2. The summed E-state index contributed by atoms with van der Waals surface area (Å²) in [6.07, 6.45) is 4.11. The number of para-hydroxylation sites is 1. The van der Waals surface area contributed by atoms with Crippen LogP contribution in [0.25, 0.3) is 33.3 Å². The third-order valence-electron chi connectivity index (χ3n) is 7.88. The Morgan fingerprint density at radius 1 is 1.11 bits per heavy atom. The molecule has 4 aromatic rings. The Balaban J connectivity index is 1.42. The number of carbonyl (C=O) groups is 3. The number of aromatic nitrogens is 1. The molecule has 1 fully saturated rings. The predicted octanol–water partition coefficient (Wildman–Crippen LogP) is 7.11. The molecule has 0 radical (unpaired) electrons. The minimum atomic E-state index is -1.14. The second-order valence-electron chi connectivity index (χ2n) is 12.6. The molecular weight excluding hydrogens is 586 g/mol. The second-order valence-corrected chi connectivity index (χ2v) is 12.6. The van der Waals surface area contributed by atoms with E-state index in [9.17, 15) is 19.5 Å². The molecule has 46 heavy (non-hydrogen) atoms. The van der Waals surface area contributed by atoms with E-state index in [0.717, 1.165) is 30.2 Å². The maximum Gasteiger partial charge on any atom is 0.408 e. The van der Waals surface area contributed by atoms with E-state index in [2.05, 4.69) is 11.9 Å². The minimum Gasteiger partial charge on any atom is -0.484 e. The van der Waals surface area contributed by atoms with Gasteiger partial charge in [0, 0.05) is 23.4 Å². The van der Waals surface area contributed by atoms with Crippen LogP contribution >= 0.6 is 0 Å². The van der Waals surface area contributed by atoms with Gasteiger partial charge in [0.05, 0.1) is 12.2 Å². The van der Waals surface area contributed by atoms with Crippen molar-refractivity contribution >= 4 is 40.0 Å². The summed E-state index contributed by atoms with van der Waals surface area (Å²) in [4.78, 5) is 45.3. The minimum absolute atomic E-state index is 0.0173. The topological polar surface area (TPSA) is 131 Å². The normalized spacial score (nSPS) is 17.2. The largest absolute Gasteiger partial charge is 0.484 e. The summed E-state index contributed by atoms with van der Waals surface area (Å²) < 4.78 is 18.1. The van der Waals surface area contributed by atoms with E-state index in [1.165, 1.54) is 4.90 Å². The number of ether oxygens (including phenoxy) is 2. The third-order valence-corrected chi connectivity index (χ3v) is 7.88. The van der Waals surface area contributed by atoms with Crippen molar-refractivity contribution < 1.29 is 33.4 Å². The average molecular weight is 628 g/mol. The van der Waals surface area contributed by atoms with Crippen LogP contribution in [0.4, 0.5) is 4.79 Å². The van der Waals surface area contributed by atoms with Crippen LogP contribution in [0.2, 0.25) is 0 Å². The number of amides is 2. The number of alkyl carbamates (subject to hydrolysis) is 1. The van der Waals surface area contributed by atoms with Gasteiger partial charge < -0.3 is 29.2 Å². The number of fused-ring (bicyclic) bond motifs is 3. The summed E-state index contributed by atoms with van der Waals surface area (Å²) in [5, 5.41) is 13.7. The summed E-state index contributed by atoms with van der Waals surface area (Å²) in [5.41, 5.74) is 2.52. The highest BCUT2D eigenvalue weighted by Crippen LogP contribution is 2.38. The SMILES string of the molecule is C=CCCCCCC(NC(=O)OC(C)(C)C)C(=O)N1CC(Oc2cc(-c3ccccc3)nc3c2oc2ccccc23)CC1C(=O)O. The lowest BCUT2D eigenvalue weighted by molar-refractivity contribution is -0.149. The van der Waals surface area contributed by atoms with Crippen LogP contribution in [0.5, 0.6) is 5.75 Å². The molecule has 1 aliphatic rings. The number of carboxylic acid groups (broad SMARTS) is 1. The standard InChI is InChI=1S/C36H41N3O7/c1-5-6-7-8-12-18-26(38-35(43)46-36(2,3)4)33(40)39-22-24(20-28(39)34(41)42)44-30-21-27(23-15-10-9-11-16-23)37-31-25-17-13-14-19-29(25)45-32(30)31/h5,9-11,13-17,19,21,24,26,28H,1,6-8,12,18,20,22H2,2-4H3,(H,38,43)(H,41,42). The Bertz CT molecular complexity index is 1710. The van der Waals surface area contributed by atoms with Gasteiger partial charge in [0.2, 0.25) is 5.91 Å². The molecule has 2 amide bonds. The Hall–Kier alpha value is -4.86. The number of rotatable bonds is 12. The van der Waals surface area contributed by atoms with E-state index >= 15 is 0 Å². The number of pyridine rings is 1. The zero-order chi connectivity index (χ0) is 32.8. The number of benzene rings is 2. The molecule has 2 aromatic carbocycles. The second kappa shape index (κ2) is 14.1. The van der Waals surface area contributed by atoms with Crippen LogP contribution in [0.3, 0.4) is 0 Å². The number of hydrogen-bond acceptors (Lipinski definition) is 7. The van der Waals surface area contributed by atoms with Crippen molar-refractivity contribution in [1.29, 1.82) is 0 Å². The van der Waals surface area contributed by atoms with Crippen molar-refractivity contribution in [1.82, 2.24) is 15.2 Å². The first kappa shape index (κ1) is 32.5. The Kier molecular flexibility index (Phi) is 9.94. The van der Waals surface area contributed by atoms with E-state index in [-0.39, 0.29) is 13.0 Å². The summed E-state index contributed by atoms with van der Waals surface area (Å²) in [5.74, 6) is -1.22. The van der Waals surface area contributed by atoms with Crippen LogP contribution in [0.15, 0.2) is 77.7 Å². The van der Waals surface area contributed by atoms with E-state index in [0.29, 0.717) is 41.0 Å². The molecule has 0 bridgehead atoms. The fourth-order valence-electron chi connectivity index (χ4n) is 5.76. The zero-order valence-corrected chi connectivity index (χ0v) is 26.5. The number of nitrogens with one attached hydrogen (secondary N) is 1. The fraction of sp³-hybridized carbons (Fsp3) is 0.389. The number of likely N-dealkylation sites (tertiary alicyclic amines) is 1. The Labute approximate surface area is 268 Å².